The van der Waals surface area contributed by atoms with Crippen LogP contribution in [0.1, 0.15) is 12.8 Å². The Balaban J connectivity index is 1.79. The fourth-order valence-corrected chi connectivity index (χ4v) is 2.47. The van der Waals surface area contributed by atoms with Crippen molar-refractivity contribution in [3.8, 4) is 11.3 Å². The standard InChI is InChI=1S/C16H21N5O2/c22-7-6-18-16-20-14(12-3-1-5-17-10-12)9-15(21-16)19-11-13-4-2-8-23-13/h1,3,5,9-10,13,22H,2,4,6-8,11H2,(H2,18,19,20,21)/t13-/m0/s1. The minimum Gasteiger partial charge on any atom is -0.395 e. The third kappa shape index (κ3) is 4.37. The molecule has 0 bridgehead atoms. The zero-order chi connectivity index (χ0) is 15.9. The maximum absolute atomic E-state index is 8.97. The summed E-state index contributed by atoms with van der Waals surface area (Å²) in [5, 5.41) is 15.3. The van der Waals surface area contributed by atoms with Crippen LogP contribution in [-0.2, 0) is 4.74 Å². The average molecular weight is 315 g/mol. The number of aliphatic hydroxyl groups is 1. The van der Waals surface area contributed by atoms with Crippen LogP contribution in [0.5, 0.6) is 0 Å². The van der Waals surface area contributed by atoms with Gasteiger partial charge in [-0.2, -0.15) is 4.98 Å². The Labute approximate surface area is 135 Å². The molecule has 0 spiro atoms. The van der Waals surface area contributed by atoms with Crippen LogP contribution in [-0.4, -0.2) is 52.5 Å². The zero-order valence-electron chi connectivity index (χ0n) is 12.9. The molecule has 122 valence electrons. The Morgan fingerprint density at radius 3 is 3.00 bits per heavy atom. The van der Waals surface area contributed by atoms with Gasteiger partial charge in [0, 0.05) is 43.7 Å². The summed E-state index contributed by atoms with van der Waals surface area (Å²) in [6.45, 7) is 1.99. The molecule has 1 saturated heterocycles. The molecule has 1 aliphatic rings. The van der Waals surface area contributed by atoms with Crippen LogP contribution in [0, 0.1) is 0 Å². The van der Waals surface area contributed by atoms with E-state index in [1.54, 1.807) is 12.4 Å². The molecular formula is C16H21N5O2. The van der Waals surface area contributed by atoms with Crippen molar-refractivity contribution in [3.63, 3.8) is 0 Å². The van der Waals surface area contributed by atoms with Gasteiger partial charge in [0.2, 0.25) is 5.95 Å². The van der Waals surface area contributed by atoms with Crippen molar-refractivity contribution in [1.29, 1.82) is 0 Å². The topological polar surface area (TPSA) is 92.2 Å². The highest BCUT2D eigenvalue weighted by molar-refractivity contribution is 5.63. The lowest BCUT2D eigenvalue weighted by molar-refractivity contribution is 0.120. The molecular weight excluding hydrogens is 294 g/mol. The summed E-state index contributed by atoms with van der Waals surface area (Å²) in [4.78, 5) is 13.0. The molecule has 0 amide bonds. The van der Waals surface area contributed by atoms with Gasteiger partial charge >= 0.3 is 0 Å². The number of aromatic nitrogens is 3. The number of pyridine rings is 1. The van der Waals surface area contributed by atoms with E-state index >= 15 is 0 Å². The Hall–Kier alpha value is -2.25. The first-order chi connectivity index (χ1) is 11.3. The van der Waals surface area contributed by atoms with Crippen molar-refractivity contribution < 1.29 is 9.84 Å². The number of ether oxygens (including phenoxy) is 1. The van der Waals surface area contributed by atoms with Crippen molar-refractivity contribution in [1.82, 2.24) is 15.0 Å². The van der Waals surface area contributed by atoms with Crippen LogP contribution < -0.4 is 10.6 Å². The van der Waals surface area contributed by atoms with Gasteiger partial charge in [-0.1, -0.05) is 0 Å². The van der Waals surface area contributed by atoms with E-state index in [-0.39, 0.29) is 12.7 Å². The maximum atomic E-state index is 8.97. The van der Waals surface area contributed by atoms with Crippen LogP contribution in [0.25, 0.3) is 11.3 Å². The fraction of sp³-hybridized carbons (Fsp3) is 0.438. The molecule has 7 nitrogen and oxygen atoms in total. The van der Waals surface area contributed by atoms with Crippen LogP contribution in [0.4, 0.5) is 11.8 Å². The molecule has 2 aromatic rings. The first kappa shape index (κ1) is 15.6. The quantitative estimate of drug-likeness (QED) is 0.713. The molecule has 0 unspecified atom stereocenters. The van der Waals surface area contributed by atoms with Gasteiger partial charge in [-0.05, 0) is 25.0 Å². The van der Waals surface area contributed by atoms with Gasteiger partial charge < -0.3 is 20.5 Å². The minimum absolute atomic E-state index is 0.0269. The molecule has 23 heavy (non-hydrogen) atoms. The largest absolute Gasteiger partial charge is 0.395 e. The van der Waals surface area contributed by atoms with E-state index in [2.05, 4.69) is 25.6 Å². The van der Waals surface area contributed by atoms with Crippen LogP contribution >= 0.6 is 0 Å². The zero-order valence-corrected chi connectivity index (χ0v) is 12.9. The predicted octanol–water partition coefficient (Wildman–Crippen LogP) is 1.53. The molecule has 1 fully saturated rings. The summed E-state index contributed by atoms with van der Waals surface area (Å²) in [7, 11) is 0. The van der Waals surface area contributed by atoms with E-state index < -0.39 is 0 Å². The van der Waals surface area contributed by atoms with Gasteiger partial charge in [-0.15, -0.1) is 0 Å². The van der Waals surface area contributed by atoms with Gasteiger partial charge in [0.15, 0.2) is 0 Å². The molecule has 2 aromatic heterocycles. The minimum atomic E-state index is 0.0269. The Morgan fingerprint density at radius 2 is 2.26 bits per heavy atom. The summed E-state index contributed by atoms with van der Waals surface area (Å²) >= 11 is 0. The number of hydrogen-bond donors (Lipinski definition) is 3. The Morgan fingerprint density at radius 1 is 1.30 bits per heavy atom. The number of aliphatic hydroxyl groups excluding tert-OH is 1. The summed E-state index contributed by atoms with van der Waals surface area (Å²) in [5.74, 6) is 1.21. The number of anilines is 2. The molecule has 3 rings (SSSR count). The fourth-order valence-electron chi connectivity index (χ4n) is 2.47. The Bertz CT molecular complexity index is 617. The number of rotatable bonds is 7. The molecule has 0 saturated carbocycles. The van der Waals surface area contributed by atoms with Crippen molar-refractivity contribution in [2.45, 2.75) is 18.9 Å². The third-order valence-electron chi connectivity index (χ3n) is 3.61. The highest BCUT2D eigenvalue weighted by Gasteiger charge is 2.15. The average Bonchev–Trinajstić information content (AvgIpc) is 3.12. The smallest absolute Gasteiger partial charge is 0.225 e. The normalized spacial score (nSPS) is 17.2. The van der Waals surface area contributed by atoms with Crippen LogP contribution in [0.3, 0.4) is 0 Å². The molecule has 1 atom stereocenters. The molecule has 0 radical (unpaired) electrons. The number of nitrogens with one attached hydrogen (secondary N) is 2. The van der Waals surface area contributed by atoms with E-state index in [1.807, 2.05) is 18.2 Å². The molecule has 7 heteroatoms. The summed E-state index contributed by atoms with van der Waals surface area (Å²) in [5.41, 5.74) is 1.70. The van der Waals surface area contributed by atoms with Gasteiger partial charge in [0.25, 0.3) is 0 Å². The SMILES string of the molecule is OCCNc1nc(NC[C@@H]2CCCO2)cc(-c2cccnc2)n1. The van der Waals surface area contributed by atoms with Gasteiger partial charge in [-0.25, -0.2) is 4.98 Å². The summed E-state index contributed by atoms with van der Waals surface area (Å²) in [6.07, 6.45) is 5.92. The summed E-state index contributed by atoms with van der Waals surface area (Å²) in [6, 6.07) is 5.73. The molecule has 3 heterocycles. The van der Waals surface area contributed by atoms with Crippen molar-refractivity contribution in [3.05, 3.63) is 30.6 Å². The van der Waals surface area contributed by atoms with Gasteiger partial charge in [0.05, 0.1) is 18.4 Å². The lowest BCUT2D eigenvalue weighted by Crippen LogP contribution is -2.19. The number of hydrogen-bond acceptors (Lipinski definition) is 7. The predicted molar refractivity (Wildman–Crippen MR) is 88.3 cm³/mol. The van der Waals surface area contributed by atoms with E-state index in [4.69, 9.17) is 9.84 Å². The molecule has 0 aromatic carbocycles. The van der Waals surface area contributed by atoms with E-state index in [0.717, 1.165) is 43.1 Å². The summed E-state index contributed by atoms with van der Waals surface area (Å²) < 4.78 is 5.62. The highest BCUT2D eigenvalue weighted by Crippen LogP contribution is 2.21. The highest BCUT2D eigenvalue weighted by atomic mass is 16.5. The Kier molecular flexibility index (Phi) is 5.33. The molecule has 0 aliphatic carbocycles. The second-order valence-corrected chi connectivity index (χ2v) is 5.37. The number of nitrogens with zero attached hydrogens (tertiary/aromatic N) is 3. The van der Waals surface area contributed by atoms with Crippen molar-refractivity contribution in [2.24, 2.45) is 0 Å². The van der Waals surface area contributed by atoms with E-state index in [1.165, 1.54) is 0 Å². The van der Waals surface area contributed by atoms with Gasteiger partial charge in [-0.3, -0.25) is 4.98 Å². The lowest BCUT2D eigenvalue weighted by Gasteiger charge is -2.13. The van der Waals surface area contributed by atoms with Crippen LogP contribution in [0.15, 0.2) is 30.6 Å². The maximum Gasteiger partial charge on any atom is 0.225 e. The lowest BCUT2D eigenvalue weighted by atomic mass is 10.2. The second kappa shape index (κ2) is 7.85. The van der Waals surface area contributed by atoms with Gasteiger partial charge in [0.1, 0.15) is 5.82 Å². The first-order valence-corrected chi connectivity index (χ1v) is 7.85. The first-order valence-electron chi connectivity index (χ1n) is 7.85. The van der Waals surface area contributed by atoms with E-state index in [9.17, 15) is 0 Å². The van der Waals surface area contributed by atoms with Crippen molar-refractivity contribution in [2.75, 3.05) is 36.9 Å². The monoisotopic (exact) mass is 315 g/mol. The third-order valence-corrected chi connectivity index (χ3v) is 3.61. The second-order valence-electron chi connectivity index (χ2n) is 5.37. The molecule has 3 N–H and O–H groups in total. The molecule has 1 aliphatic heterocycles. The van der Waals surface area contributed by atoms with E-state index in [0.29, 0.717) is 12.5 Å². The van der Waals surface area contributed by atoms with Crippen LogP contribution in [0.2, 0.25) is 0 Å². The van der Waals surface area contributed by atoms with Crippen molar-refractivity contribution >= 4 is 11.8 Å².